The number of nitro benzene ring substituents is 1. The number of nitrogens with zero attached hydrogens (tertiary/aromatic N) is 2. The minimum Gasteiger partial charge on any atom is -0.272 e. The maximum Gasteiger partial charge on any atom is 0.294 e. The molecule has 2 rings (SSSR count). The number of para-hydroxylation sites is 2. The molecule has 0 spiro atoms. The molecular formula is C12H11N3O2S. The van der Waals surface area contributed by atoms with Crippen LogP contribution >= 0.6 is 11.3 Å². The van der Waals surface area contributed by atoms with Crippen LogP contribution in [0.15, 0.2) is 41.5 Å². The van der Waals surface area contributed by atoms with Gasteiger partial charge in [-0.05, 0) is 25.1 Å². The molecule has 92 valence electrons. The zero-order valence-electron chi connectivity index (χ0n) is 9.66. The summed E-state index contributed by atoms with van der Waals surface area (Å²) < 4.78 is 0. The van der Waals surface area contributed by atoms with Gasteiger partial charge in [0.15, 0.2) is 0 Å². The molecule has 18 heavy (non-hydrogen) atoms. The average Bonchev–Trinajstić information content (AvgIpc) is 2.75. The highest BCUT2D eigenvalue weighted by Gasteiger charge is 2.10. The van der Waals surface area contributed by atoms with Crippen molar-refractivity contribution in [2.45, 2.75) is 6.92 Å². The molecule has 1 N–H and O–H groups in total. The van der Waals surface area contributed by atoms with Crippen LogP contribution in [0, 0.1) is 17.0 Å². The summed E-state index contributed by atoms with van der Waals surface area (Å²) in [6.45, 7) is 2.01. The Morgan fingerprint density at radius 3 is 2.78 bits per heavy atom. The Labute approximate surface area is 108 Å². The number of nitro groups is 1. The standard InChI is InChI=1S/C12H11N3O2S/c1-9-6-7-10(18-9)8-13-14-11-4-2-3-5-12(11)15(16)17/h2-8,14H,1H3/b13-8+. The first-order chi connectivity index (χ1) is 8.66. The summed E-state index contributed by atoms with van der Waals surface area (Å²) in [6, 6.07) is 10.3. The lowest BCUT2D eigenvalue weighted by Crippen LogP contribution is -1.96. The molecule has 6 heteroatoms. The van der Waals surface area contributed by atoms with Crippen LogP contribution < -0.4 is 5.43 Å². The Balaban J connectivity index is 2.11. The zero-order valence-corrected chi connectivity index (χ0v) is 10.5. The first-order valence-corrected chi connectivity index (χ1v) is 6.07. The van der Waals surface area contributed by atoms with Crippen LogP contribution in [0.4, 0.5) is 11.4 Å². The SMILES string of the molecule is Cc1ccc(/C=N/Nc2ccccc2[N+](=O)[O-])s1. The minimum atomic E-state index is -0.437. The number of aryl methyl sites for hydroxylation is 1. The van der Waals surface area contributed by atoms with Gasteiger partial charge in [0.25, 0.3) is 5.69 Å². The molecule has 1 aromatic carbocycles. The monoisotopic (exact) mass is 261 g/mol. The quantitative estimate of drug-likeness (QED) is 0.521. The molecule has 0 bridgehead atoms. The molecule has 0 saturated heterocycles. The molecule has 0 unspecified atom stereocenters. The summed E-state index contributed by atoms with van der Waals surface area (Å²) in [4.78, 5) is 12.5. The lowest BCUT2D eigenvalue weighted by Gasteiger charge is -2.00. The summed E-state index contributed by atoms with van der Waals surface area (Å²) in [7, 11) is 0. The summed E-state index contributed by atoms with van der Waals surface area (Å²) in [5.41, 5.74) is 3.08. The van der Waals surface area contributed by atoms with Gasteiger partial charge in [0.2, 0.25) is 0 Å². The minimum absolute atomic E-state index is 0.0111. The average molecular weight is 261 g/mol. The lowest BCUT2D eigenvalue weighted by molar-refractivity contribution is -0.384. The number of hydrogen-bond donors (Lipinski definition) is 1. The van der Waals surface area contributed by atoms with E-state index >= 15 is 0 Å². The van der Waals surface area contributed by atoms with Crippen molar-refractivity contribution >= 4 is 28.9 Å². The van der Waals surface area contributed by atoms with E-state index in [1.807, 2.05) is 19.1 Å². The third-order valence-corrected chi connectivity index (χ3v) is 3.17. The molecule has 2 aromatic rings. The van der Waals surface area contributed by atoms with Crippen molar-refractivity contribution in [1.29, 1.82) is 0 Å². The summed E-state index contributed by atoms with van der Waals surface area (Å²) in [5.74, 6) is 0. The van der Waals surface area contributed by atoms with E-state index in [2.05, 4.69) is 10.5 Å². The molecular weight excluding hydrogens is 250 g/mol. The fraction of sp³-hybridized carbons (Fsp3) is 0.0833. The Hall–Kier alpha value is -2.21. The molecule has 0 aliphatic carbocycles. The van der Waals surface area contributed by atoms with Gasteiger partial charge in [-0.15, -0.1) is 11.3 Å². The van der Waals surface area contributed by atoms with Crippen molar-refractivity contribution in [2.24, 2.45) is 5.10 Å². The van der Waals surface area contributed by atoms with Gasteiger partial charge in [-0.1, -0.05) is 12.1 Å². The highest BCUT2D eigenvalue weighted by Crippen LogP contribution is 2.23. The second kappa shape index (κ2) is 5.42. The van der Waals surface area contributed by atoms with Crippen LogP contribution in [0.1, 0.15) is 9.75 Å². The number of nitrogens with one attached hydrogen (secondary N) is 1. The maximum absolute atomic E-state index is 10.8. The van der Waals surface area contributed by atoms with Crippen LogP contribution in [0.2, 0.25) is 0 Å². The summed E-state index contributed by atoms with van der Waals surface area (Å²) >= 11 is 1.61. The Morgan fingerprint density at radius 1 is 1.33 bits per heavy atom. The highest BCUT2D eigenvalue weighted by molar-refractivity contribution is 7.13. The molecule has 0 atom stereocenters. The van der Waals surface area contributed by atoms with Crippen molar-refractivity contribution < 1.29 is 4.92 Å². The Kier molecular flexibility index (Phi) is 3.69. The Morgan fingerprint density at radius 2 is 2.11 bits per heavy atom. The molecule has 5 nitrogen and oxygen atoms in total. The molecule has 0 aliphatic rings. The van der Waals surface area contributed by atoms with E-state index in [9.17, 15) is 10.1 Å². The molecule has 0 amide bonds. The van der Waals surface area contributed by atoms with Crippen LogP contribution in [0.25, 0.3) is 0 Å². The van der Waals surface area contributed by atoms with E-state index in [1.165, 1.54) is 10.9 Å². The Bertz CT molecular complexity index is 593. The summed E-state index contributed by atoms with van der Waals surface area (Å²) in [6.07, 6.45) is 1.65. The van der Waals surface area contributed by atoms with Crippen LogP contribution in [-0.2, 0) is 0 Å². The molecule has 0 fully saturated rings. The number of benzene rings is 1. The number of hydrogen-bond acceptors (Lipinski definition) is 5. The first kappa shape index (κ1) is 12.3. The van der Waals surface area contributed by atoms with E-state index in [1.54, 1.807) is 35.8 Å². The van der Waals surface area contributed by atoms with Crippen molar-refractivity contribution in [1.82, 2.24) is 0 Å². The number of anilines is 1. The zero-order chi connectivity index (χ0) is 13.0. The normalized spacial score (nSPS) is 10.7. The van der Waals surface area contributed by atoms with E-state index in [4.69, 9.17) is 0 Å². The molecule has 1 heterocycles. The largest absolute Gasteiger partial charge is 0.294 e. The second-order valence-electron chi connectivity index (χ2n) is 3.59. The van der Waals surface area contributed by atoms with Crippen LogP contribution in [0.3, 0.4) is 0 Å². The third kappa shape index (κ3) is 2.92. The number of hydrazone groups is 1. The molecule has 1 aromatic heterocycles. The number of thiophene rings is 1. The topological polar surface area (TPSA) is 67.5 Å². The molecule has 0 saturated carbocycles. The highest BCUT2D eigenvalue weighted by atomic mass is 32.1. The lowest BCUT2D eigenvalue weighted by atomic mass is 10.3. The van der Waals surface area contributed by atoms with E-state index < -0.39 is 4.92 Å². The predicted molar refractivity (Wildman–Crippen MR) is 73.4 cm³/mol. The van der Waals surface area contributed by atoms with Gasteiger partial charge in [0.1, 0.15) is 5.69 Å². The van der Waals surface area contributed by atoms with Gasteiger partial charge in [0.05, 0.1) is 11.1 Å². The van der Waals surface area contributed by atoms with Crippen molar-refractivity contribution in [3.05, 3.63) is 56.3 Å². The maximum atomic E-state index is 10.8. The van der Waals surface area contributed by atoms with Crippen molar-refractivity contribution in [2.75, 3.05) is 5.43 Å². The van der Waals surface area contributed by atoms with Gasteiger partial charge in [-0.25, -0.2) is 0 Å². The van der Waals surface area contributed by atoms with Gasteiger partial charge in [-0.3, -0.25) is 15.5 Å². The van der Waals surface area contributed by atoms with Gasteiger partial charge in [-0.2, -0.15) is 5.10 Å². The molecule has 0 radical (unpaired) electrons. The van der Waals surface area contributed by atoms with Crippen LogP contribution in [-0.4, -0.2) is 11.1 Å². The second-order valence-corrected chi connectivity index (χ2v) is 4.91. The van der Waals surface area contributed by atoms with Crippen LogP contribution in [0.5, 0.6) is 0 Å². The fourth-order valence-electron chi connectivity index (χ4n) is 1.42. The van der Waals surface area contributed by atoms with E-state index in [0.717, 1.165) is 4.88 Å². The van der Waals surface area contributed by atoms with E-state index in [-0.39, 0.29) is 5.69 Å². The van der Waals surface area contributed by atoms with Crippen molar-refractivity contribution in [3.8, 4) is 0 Å². The molecule has 0 aliphatic heterocycles. The number of rotatable bonds is 4. The third-order valence-electron chi connectivity index (χ3n) is 2.24. The first-order valence-electron chi connectivity index (χ1n) is 5.26. The van der Waals surface area contributed by atoms with Gasteiger partial charge >= 0.3 is 0 Å². The van der Waals surface area contributed by atoms with E-state index in [0.29, 0.717) is 5.69 Å². The predicted octanol–water partition coefficient (Wildman–Crippen LogP) is 3.41. The summed E-state index contributed by atoms with van der Waals surface area (Å²) in [5, 5.41) is 14.8. The van der Waals surface area contributed by atoms with Gasteiger partial charge in [0, 0.05) is 15.8 Å². The van der Waals surface area contributed by atoms with Crippen molar-refractivity contribution in [3.63, 3.8) is 0 Å². The fourth-order valence-corrected chi connectivity index (χ4v) is 2.16. The van der Waals surface area contributed by atoms with Gasteiger partial charge < -0.3 is 0 Å². The smallest absolute Gasteiger partial charge is 0.272 e.